The average molecular weight is 195 g/mol. The van der Waals surface area contributed by atoms with Crippen LogP contribution in [-0.4, -0.2) is 37.3 Å². The fraction of sp³-hybridized carbons (Fsp3) is 0.857. The molecule has 1 aliphatic rings. The largest absolute Gasteiger partial charge is 0.395 e. The minimum Gasteiger partial charge on any atom is -0.395 e. The van der Waals surface area contributed by atoms with Crippen molar-refractivity contribution in [1.82, 2.24) is 10.6 Å². The second-order valence-corrected chi connectivity index (χ2v) is 2.70. The van der Waals surface area contributed by atoms with Crippen molar-refractivity contribution in [2.24, 2.45) is 5.92 Å². The molecule has 1 heterocycles. The van der Waals surface area contributed by atoms with E-state index in [4.69, 9.17) is 5.11 Å². The van der Waals surface area contributed by atoms with Crippen molar-refractivity contribution < 1.29 is 9.90 Å². The van der Waals surface area contributed by atoms with Gasteiger partial charge >= 0.3 is 0 Å². The van der Waals surface area contributed by atoms with Crippen molar-refractivity contribution in [3.63, 3.8) is 0 Å². The number of aliphatic hydroxyl groups excluding tert-OH is 1. The average Bonchev–Trinajstić information content (AvgIpc) is 2.52. The highest BCUT2D eigenvalue weighted by molar-refractivity contribution is 5.85. The molecular weight excluding hydrogens is 180 g/mol. The van der Waals surface area contributed by atoms with Crippen LogP contribution in [0.15, 0.2) is 0 Å². The summed E-state index contributed by atoms with van der Waals surface area (Å²) in [4.78, 5) is 11.1. The van der Waals surface area contributed by atoms with Crippen molar-refractivity contribution in [2.45, 2.75) is 6.42 Å². The summed E-state index contributed by atoms with van der Waals surface area (Å²) in [6.45, 7) is 2.09. The summed E-state index contributed by atoms with van der Waals surface area (Å²) in [6, 6.07) is 0. The predicted octanol–water partition coefficient (Wildman–Crippen LogP) is -0.874. The number of rotatable bonds is 3. The third kappa shape index (κ3) is 3.38. The predicted molar refractivity (Wildman–Crippen MR) is 48.3 cm³/mol. The van der Waals surface area contributed by atoms with Gasteiger partial charge in [0.15, 0.2) is 0 Å². The second kappa shape index (κ2) is 6.22. The van der Waals surface area contributed by atoms with E-state index in [0.29, 0.717) is 6.54 Å². The molecule has 12 heavy (non-hydrogen) atoms. The molecule has 1 saturated heterocycles. The summed E-state index contributed by atoms with van der Waals surface area (Å²) in [6.07, 6.45) is 0.914. The van der Waals surface area contributed by atoms with E-state index >= 15 is 0 Å². The van der Waals surface area contributed by atoms with Crippen LogP contribution in [0.3, 0.4) is 0 Å². The van der Waals surface area contributed by atoms with Gasteiger partial charge in [-0.3, -0.25) is 4.79 Å². The quantitative estimate of drug-likeness (QED) is 0.547. The van der Waals surface area contributed by atoms with Crippen molar-refractivity contribution in [3.05, 3.63) is 0 Å². The normalized spacial score (nSPS) is 21.6. The van der Waals surface area contributed by atoms with Gasteiger partial charge in [-0.1, -0.05) is 0 Å². The van der Waals surface area contributed by atoms with Crippen LogP contribution in [-0.2, 0) is 4.79 Å². The van der Waals surface area contributed by atoms with Gasteiger partial charge in [-0.05, 0) is 13.0 Å². The first kappa shape index (κ1) is 11.7. The molecule has 0 spiro atoms. The second-order valence-electron chi connectivity index (χ2n) is 2.70. The maximum Gasteiger partial charge on any atom is 0.224 e. The van der Waals surface area contributed by atoms with Gasteiger partial charge in [0.25, 0.3) is 0 Å². The molecule has 1 amide bonds. The summed E-state index contributed by atoms with van der Waals surface area (Å²) >= 11 is 0. The number of nitrogens with one attached hydrogen (secondary N) is 2. The van der Waals surface area contributed by atoms with Gasteiger partial charge in [0.1, 0.15) is 0 Å². The summed E-state index contributed by atoms with van der Waals surface area (Å²) in [7, 11) is 0. The number of aliphatic hydroxyl groups is 1. The van der Waals surface area contributed by atoms with E-state index in [2.05, 4.69) is 10.6 Å². The number of hydrogen-bond acceptors (Lipinski definition) is 3. The highest BCUT2D eigenvalue weighted by Gasteiger charge is 2.21. The fourth-order valence-corrected chi connectivity index (χ4v) is 1.20. The maximum absolute atomic E-state index is 11.1. The van der Waals surface area contributed by atoms with Gasteiger partial charge in [0.05, 0.1) is 12.5 Å². The molecule has 72 valence electrons. The molecule has 0 aromatic carbocycles. The van der Waals surface area contributed by atoms with Crippen LogP contribution in [0.2, 0.25) is 0 Å². The molecule has 1 unspecified atom stereocenters. The Kier molecular flexibility index (Phi) is 6.06. The highest BCUT2D eigenvalue weighted by Crippen LogP contribution is 2.06. The third-order valence-corrected chi connectivity index (χ3v) is 1.84. The maximum atomic E-state index is 11.1. The van der Waals surface area contributed by atoms with Crippen LogP contribution in [0.4, 0.5) is 0 Å². The Morgan fingerprint density at radius 3 is 2.92 bits per heavy atom. The van der Waals surface area contributed by atoms with Crippen LogP contribution in [0.5, 0.6) is 0 Å². The molecular formula is C7H15ClN2O2. The molecule has 0 saturated carbocycles. The lowest BCUT2D eigenvalue weighted by Gasteiger charge is -2.07. The Balaban J connectivity index is 0.00000121. The molecule has 3 N–H and O–H groups in total. The third-order valence-electron chi connectivity index (χ3n) is 1.84. The number of hydrogen-bond donors (Lipinski definition) is 3. The van der Waals surface area contributed by atoms with Crippen LogP contribution in [0, 0.1) is 5.92 Å². The molecule has 5 heteroatoms. The molecule has 0 aliphatic carbocycles. The van der Waals surface area contributed by atoms with Crippen molar-refractivity contribution in [1.29, 1.82) is 0 Å². The molecule has 0 bridgehead atoms. The summed E-state index contributed by atoms with van der Waals surface area (Å²) in [5, 5.41) is 14.2. The summed E-state index contributed by atoms with van der Waals surface area (Å²) < 4.78 is 0. The molecule has 4 nitrogen and oxygen atoms in total. The molecule has 1 aliphatic heterocycles. The Hall–Kier alpha value is -0.320. The minimum atomic E-state index is 0. The molecule has 1 rings (SSSR count). The molecule has 0 aromatic rings. The fourth-order valence-electron chi connectivity index (χ4n) is 1.20. The Morgan fingerprint density at radius 2 is 2.42 bits per heavy atom. The van der Waals surface area contributed by atoms with Crippen molar-refractivity contribution in [2.75, 3.05) is 26.2 Å². The highest BCUT2D eigenvalue weighted by atomic mass is 35.5. The monoisotopic (exact) mass is 194 g/mol. The van der Waals surface area contributed by atoms with Crippen molar-refractivity contribution in [3.8, 4) is 0 Å². The zero-order valence-corrected chi connectivity index (χ0v) is 7.69. The standard InChI is InChI=1S/C7H14N2O2.ClH/c10-4-3-9-7(11)6-1-2-8-5-6;/h6,8,10H,1-5H2,(H,9,11);1H. The van der Waals surface area contributed by atoms with Crippen LogP contribution in [0.1, 0.15) is 6.42 Å². The van der Waals surface area contributed by atoms with Gasteiger partial charge in [-0.25, -0.2) is 0 Å². The topological polar surface area (TPSA) is 61.4 Å². The minimum absolute atomic E-state index is 0. The van der Waals surface area contributed by atoms with Gasteiger partial charge in [-0.15, -0.1) is 12.4 Å². The molecule has 0 aromatic heterocycles. The van der Waals surface area contributed by atoms with Gasteiger partial charge in [-0.2, -0.15) is 0 Å². The number of carbonyl (C=O) groups excluding carboxylic acids is 1. The van der Waals surface area contributed by atoms with Gasteiger partial charge in [0, 0.05) is 13.1 Å². The van der Waals surface area contributed by atoms with E-state index in [0.717, 1.165) is 19.5 Å². The number of amides is 1. The first-order valence-electron chi connectivity index (χ1n) is 3.94. The van der Waals surface area contributed by atoms with E-state index in [-0.39, 0.29) is 30.8 Å². The smallest absolute Gasteiger partial charge is 0.224 e. The van der Waals surface area contributed by atoms with E-state index in [1.54, 1.807) is 0 Å². The molecule has 0 radical (unpaired) electrons. The zero-order chi connectivity index (χ0) is 8.10. The van der Waals surface area contributed by atoms with Crippen LogP contribution < -0.4 is 10.6 Å². The van der Waals surface area contributed by atoms with Crippen molar-refractivity contribution >= 4 is 18.3 Å². The Labute approximate surface area is 78.1 Å². The summed E-state index contributed by atoms with van der Waals surface area (Å²) in [5.41, 5.74) is 0. The lowest BCUT2D eigenvalue weighted by molar-refractivity contribution is -0.124. The zero-order valence-electron chi connectivity index (χ0n) is 6.88. The van der Waals surface area contributed by atoms with Gasteiger partial charge < -0.3 is 15.7 Å². The summed E-state index contributed by atoms with van der Waals surface area (Å²) in [5.74, 6) is 0.172. The lowest BCUT2D eigenvalue weighted by Crippen LogP contribution is -2.33. The van der Waals surface area contributed by atoms with E-state index in [9.17, 15) is 4.79 Å². The first-order valence-corrected chi connectivity index (χ1v) is 3.94. The Morgan fingerprint density at radius 1 is 1.67 bits per heavy atom. The number of halogens is 1. The number of carbonyl (C=O) groups is 1. The molecule has 1 fully saturated rings. The van der Waals surface area contributed by atoms with Crippen LogP contribution in [0.25, 0.3) is 0 Å². The van der Waals surface area contributed by atoms with E-state index < -0.39 is 0 Å². The van der Waals surface area contributed by atoms with E-state index in [1.165, 1.54) is 0 Å². The van der Waals surface area contributed by atoms with Crippen LogP contribution >= 0.6 is 12.4 Å². The SMILES string of the molecule is Cl.O=C(NCCO)C1CCNC1. The first-order chi connectivity index (χ1) is 5.34. The lowest BCUT2D eigenvalue weighted by atomic mass is 10.1. The molecule has 1 atom stereocenters. The van der Waals surface area contributed by atoms with E-state index in [1.807, 2.05) is 0 Å². The Bertz CT molecular complexity index is 137. The van der Waals surface area contributed by atoms with Gasteiger partial charge in [0.2, 0.25) is 5.91 Å².